The van der Waals surface area contributed by atoms with Gasteiger partial charge in [-0.3, -0.25) is 9.78 Å². The number of hydrogen-bond donors (Lipinski definition) is 1. The number of ether oxygens (including phenoxy) is 1. The van der Waals surface area contributed by atoms with Crippen LogP contribution in [0.15, 0.2) is 42.6 Å². The number of alkyl halides is 3. The van der Waals surface area contributed by atoms with E-state index in [4.69, 9.17) is 4.74 Å². The van der Waals surface area contributed by atoms with Gasteiger partial charge < -0.3 is 19.6 Å². The van der Waals surface area contributed by atoms with Crippen molar-refractivity contribution in [2.24, 2.45) is 5.92 Å². The van der Waals surface area contributed by atoms with Crippen molar-refractivity contribution in [2.45, 2.75) is 37.6 Å². The molecule has 0 radical (unpaired) electrons. The van der Waals surface area contributed by atoms with E-state index < -0.39 is 40.0 Å². The van der Waals surface area contributed by atoms with Gasteiger partial charge in [0.05, 0.1) is 42.1 Å². The zero-order valence-corrected chi connectivity index (χ0v) is 22.7. The lowest BCUT2D eigenvalue weighted by atomic mass is 9.96. The number of aromatic nitrogens is 2. The Morgan fingerprint density at radius 1 is 1.12 bits per heavy atom. The topological polar surface area (TPSA) is 113 Å². The second-order valence-corrected chi connectivity index (χ2v) is 12.4. The van der Waals surface area contributed by atoms with E-state index in [0.29, 0.717) is 51.7 Å². The number of aliphatic hydroxyl groups excluding tert-OH is 1. The Morgan fingerprint density at radius 3 is 2.42 bits per heavy atom. The number of fused-ring (bicyclic) bond motifs is 3. The van der Waals surface area contributed by atoms with Crippen LogP contribution in [0, 0.1) is 5.92 Å². The predicted octanol–water partition coefficient (Wildman–Crippen LogP) is 4.10. The van der Waals surface area contributed by atoms with Gasteiger partial charge >= 0.3 is 6.18 Å². The third-order valence-electron chi connectivity index (χ3n) is 7.63. The van der Waals surface area contributed by atoms with Gasteiger partial charge in [0.2, 0.25) is 11.8 Å². The zero-order chi connectivity index (χ0) is 28.8. The van der Waals surface area contributed by atoms with Gasteiger partial charge in [0.15, 0.2) is 6.04 Å². The normalized spacial score (nSPS) is 20.1. The van der Waals surface area contributed by atoms with Crippen molar-refractivity contribution in [3.05, 3.63) is 53.7 Å². The van der Waals surface area contributed by atoms with Crippen LogP contribution in [0.4, 0.5) is 24.5 Å². The first kappa shape index (κ1) is 28.1. The molecule has 2 aliphatic heterocycles. The molecule has 1 N–H and O–H groups in total. The summed E-state index contributed by atoms with van der Waals surface area (Å²) < 4.78 is 71.4. The average Bonchev–Trinajstić information content (AvgIpc) is 2.92. The van der Waals surface area contributed by atoms with Crippen molar-refractivity contribution in [3.63, 3.8) is 0 Å². The van der Waals surface area contributed by atoms with E-state index in [1.165, 1.54) is 19.2 Å². The van der Waals surface area contributed by atoms with E-state index in [2.05, 4.69) is 9.97 Å². The lowest BCUT2D eigenvalue weighted by Gasteiger charge is -2.35. The Morgan fingerprint density at radius 2 is 1.80 bits per heavy atom. The van der Waals surface area contributed by atoms with Crippen LogP contribution in [0.2, 0.25) is 0 Å². The summed E-state index contributed by atoms with van der Waals surface area (Å²) in [5.74, 6) is -1.55. The molecule has 2 aliphatic rings. The largest absolute Gasteiger partial charge is 0.481 e. The summed E-state index contributed by atoms with van der Waals surface area (Å²) in [7, 11) is -0.665. The number of halogens is 3. The third kappa shape index (κ3) is 5.31. The number of carbonyl (C=O) groups is 1. The van der Waals surface area contributed by atoms with Gasteiger partial charge in [-0.1, -0.05) is 12.1 Å². The number of methoxy groups -OCH3 is 1. The van der Waals surface area contributed by atoms with Crippen LogP contribution < -0.4 is 9.64 Å². The fourth-order valence-corrected chi connectivity index (χ4v) is 7.01. The standard InChI is InChI=1S/C27H29F3N4O5S/c1-33(26(36)17-10-13-40(37,38)14-11-17)25(27(28,29)30)16-3-5-18(6-4-16)34-12-9-21(35)23-20(34)15-31-19-7-8-22(39-2)32-24(19)23/h3-8,15,17,21,25,35H,9-14H2,1-2H3/t21?,25-/m0/s1. The first-order valence-electron chi connectivity index (χ1n) is 12.8. The summed E-state index contributed by atoms with van der Waals surface area (Å²) in [6.07, 6.45) is -3.55. The van der Waals surface area contributed by atoms with E-state index in [0.717, 1.165) is 7.05 Å². The molecule has 214 valence electrons. The van der Waals surface area contributed by atoms with Crippen molar-refractivity contribution in [1.82, 2.24) is 14.9 Å². The monoisotopic (exact) mass is 578 g/mol. The highest BCUT2D eigenvalue weighted by molar-refractivity contribution is 7.91. The number of hydrogen-bond acceptors (Lipinski definition) is 8. The quantitative estimate of drug-likeness (QED) is 0.482. The molecule has 9 nitrogen and oxygen atoms in total. The van der Waals surface area contributed by atoms with Crippen molar-refractivity contribution in [3.8, 4) is 5.88 Å². The highest BCUT2D eigenvalue weighted by Crippen LogP contribution is 2.43. The number of benzene rings is 1. The molecule has 1 unspecified atom stereocenters. The fraction of sp³-hybridized carbons (Fsp3) is 0.444. The maximum Gasteiger partial charge on any atom is 0.413 e. The maximum absolute atomic E-state index is 14.3. The molecule has 5 rings (SSSR count). The Labute approximate surface area is 229 Å². The van der Waals surface area contributed by atoms with E-state index in [-0.39, 0.29) is 29.9 Å². The molecule has 0 bridgehead atoms. The van der Waals surface area contributed by atoms with Crippen molar-refractivity contribution in [2.75, 3.05) is 37.1 Å². The number of pyridine rings is 2. The molecular weight excluding hydrogens is 549 g/mol. The molecule has 40 heavy (non-hydrogen) atoms. The maximum atomic E-state index is 14.3. The minimum absolute atomic E-state index is 0.0126. The van der Waals surface area contributed by atoms with Crippen LogP contribution in [0.1, 0.15) is 42.5 Å². The molecule has 4 heterocycles. The molecule has 2 aromatic heterocycles. The Balaban J connectivity index is 1.44. The Bertz CT molecular complexity index is 1520. The molecule has 1 fully saturated rings. The van der Waals surface area contributed by atoms with Crippen LogP contribution in [0.3, 0.4) is 0 Å². The van der Waals surface area contributed by atoms with Crippen LogP contribution in [0.25, 0.3) is 11.0 Å². The summed E-state index contributed by atoms with van der Waals surface area (Å²) in [6.45, 7) is 0.399. The molecule has 0 spiro atoms. The van der Waals surface area contributed by atoms with Crippen LogP contribution in [-0.4, -0.2) is 72.7 Å². The lowest BCUT2D eigenvalue weighted by molar-refractivity contribution is -0.190. The van der Waals surface area contributed by atoms with Crippen molar-refractivity contribution < 1.29 is 36.2 Å². The number of carbonyl (C=O) groups excluding carboxylic acids is 1. The van der Waals surface area contributed by atoms with Gasteiger partial charge in [-0.05, 0) is 43.0 Å². The van der Waals surface area contributed by atoms with E-state index in [1.807, 2.05) is 4.90 Å². The first-order valence-corrected chi connectivity index (χ1v) is 14.6. The smallest absolute Gasteiger partial charge is 0.413 e. The Hall–Kier alpha value is -3.45. The second kappa shape index (κ2) is 10.5. The van der Waals surface area contributed by atoms with E-state index in [1.54, 1.807) is 30.5 Å². The zero-order valence-electron chi connectivity index (χ0n) is 21.9. The minimum atomic E-state index is -4.75. The van der Waals surface area contributed by atoms with Gasteiger partial charge in [-0.15, -0.1) is 0 Å². The lowest BCUT2D eigenvalue weighted by Crippen LogP contribution is -2.44. The molecule has 1 saturated heterocycles. The highest BCUT2D eigenvalue weighted by atomic mass is 32.2. The molecule has 0 saturated carbocycles. The number of anilines is 2. The van der Waals surface area contributed by atoms with Gasteiger partial charge in [0.1, 0.15) is 15.4 Å². The number of amides is 1. The number of rotatable bonds is 5. The first-order chi connectivity index (χ1) is 18.9. The van der Waals surface area contributed by atoms with E-state index in [9.17, 15) is 31.5 Å². The summed E-state index contributed by atoms with van der Waals surface area (Å²) in [4.78, 5) is 24.4. The summed E-state index contributed by atoms with van der Waals surface area (Å²) >= 11 is 0. The number of sulfone groups is 1. The van der Waals surface area contributed by atoms with Gasteiger partial charge in [-0.25, -0.2) is 13.4 Å². The van der Waals surface area contributed by atoms with Crippen molar-refractivity contribution in [1.29, 1.82) is 0 Å². The van der Waals surface area contributed by atoms with Gasteiger partial charge in [-0.2, -0.15) is 13.2 Å². The molecule has 1 aromatic carbocycles. The average molecular weight is 579 g/mol. The molecule has 13 heteroatoms. The predicted molar refractivity (Wildman–Crippen MR) is 142 cm³/mol. The molecular formula is C27H29F3N4O5S. The summed E-state index contributed by atoms with van der Waals surface area (Å²) in [6, 6.07) is 6.98. The molecule has 1 amide bonds. The fourth-order valence-electron chi connectivity index (χ4n) is 5.52. The van der Waals surface area contributed by atoms with E-state index >= 15 is 0 Å². The number of aliphatic hydroxyl groups is 1. The highest BCUT2D eigenvalue weighted by Gasteiger charge is 2.46. The van der Waals surface area contributed by atoms with Crippen LogP contribution >= 0.6 is 0 Å². The SMILES string of the molecule is COc1ccc2ncc3c(c2n1)C(O)CCN3c1ccc([C@H](N(C)C(=O)C2CCS(=O)(=O)CC2)C(F)(F)F)cc1. The Kier molecular flexibility index (Phi) is 7.38. The van der Waals surface area contributed by atoms with Crippen LogP contribution in [-0.2, 0) is 14.6 Å². The minimum Gasteiger partial charge on any atom is -0.481 e. The second-order valence-electron chi connectivity index (χ2n) is 10.1. The molecule has 0 aliphatic carbocycles. The molecule has 3 aromatic rings. The van der Waals surface area contributed by atoms with Gasteiger partial charge in [0.25, 0.3) is 0 Å². The van der Waals surface area contributed by atoms with Crippen LogP contribution in [0.5, 0.6) is 5.88 Å². The van der Waals surface area contributed by atoms with Gasteiger partial charge in [0, 0.05) is 36.8 Å². The summed E-state index contributed by atoms with van der Waals surface area (Å²) in [5, 5.41) is 10.8. The number of nitrogens with zero attached hydrogens (tertiary/aromatic N) is 4. The summed E-state index contributed by atoms with van der Waals surface area (Å²) in [5.41, 5.74) is 2.69. The van der Waals surface area contributed by atoms with Crippen molar-refractivity contribution >= 4 is 38.2 Å². The molecule has 2 atom stereocenters. The third-order valence-corrected chi connectivity index (χ3v) is 9.35.